The topological polar surface area (TPSA) is 227 Å². The molecule has 10 aromatic rings. The normalized spacial score (nSPS) is 10.9. The van der Waals surface area contributed by atoms with Crippen molar-refractivity contribution in [3.8, 4) is 11.5 Å². The fraction of sp³-hybridized carbons (Fsp3) is 0.303. The molecule has 19 nitrogen and oxygen atoms in total. The second kappa shape index (κ2) is 43.9. The Morgan fingerprint density at radius 1 is 0.479 bits per heavy atom. The molecule has 94 heavy (non-hydrogen) atoms. The molecule has 0 saturated heterocycles. The van der Waals surface area contributed by atoms with E-state index >= 15 is 0 Å². The molecule has 0 spiro atoms. The minimum absolute atomic E-state index is 0. The van der Waals surface area contributed by atoms with Crippen molar-refractivity contribution in [1.29, 1.82) is 0 Å². The van der Waals surface area contributed by atoms with Gasteiger partial charge in [0, 0.05) is 127 Å². The molecule has 484 valence electrons. The Kier molecular flexibility index (Phi) is 36.3. The molecule has 0 aliphatic heterocycles. The van der Waals surface area contributed by atoms with Crippen LogP contribution in [-0.4, -0.2) is 87.9 Å². The third-order valence-electron chi connectivity index (χ3n) is 13.7. The zero-order valence-electron chi connectivity index (χ0n) is 53.5. The molecular formula is C66H72F3K2N13O6S4. The Bertz CT molecular complexity index is 3640. The van der Waals surface area contributed by atoms with Crippen LogP contribution in [0.3, 0.4) is 0 Å². The molecule has 2 aromatic carbocycles. The molecule has 0 saturated carbocycles. The number of benzene rings is 2. The number of halogens is 3. The number of alkyl halides is 3. The first-order chi connectivity index (χ1) is 45.0. The summed E-state index contributed by atoms with van der Waals surface area (Å²) in [5.74, 6) is -0.176. The second-order valence-corrected chi connectivity index (χ2v) is 24.7. The summed E-state index contributed by atoms with van der Waals surface area (Å²) < 4.78 is 50.2. The number of ether oxygens (including phenoxy) is 2. The van der Waals surface area contributed by atoms with Crippen molar-refractivity contribution >= 4 is 69.0 Å². The number of anilines is 2. The zero-order valence-corrected chi connectivity index (χ0v) is 62.0. The fourth-order valence-electron chi connectivity index (χ4n) is 9.51. The number of nitrogens with two attached hydrogens (primary N) is 1. The van der Waals surface area contributed by atoms with Gasteiger partial charge in [0.05, 0.1) is 75.3 Å². The molecule has 0 radical (unpaired) electrons. The van der Waals surface area contributed by atoms with E-state index in [1.165, 1.54) is 0 Å². The van der Waals surface area contributed by atoms with Crippen LogP contribution in [-0.2, 0) is 79.9 Å². The van der Waals surface area contributed by atoms with Crippen LogP contribution in [0.15, 0.2) is 180 Å². The van der Waals surface area contributed by atoms with Gasteiger partial charge in [-0.15, -0.1) is 45.3 Å². The van der Waals surface area contributed by atoms with Crippen molar-refractivity contribution in [2.24, 2.45) is 5.73 Å². The SMILES string of the molecule is NCCCCOc1cc(CN(Cc2ccccn2)Cc2nccs2)cc(N(Cc2ccccn2)Cc2nccs2)c1.O=C(CCCCCOc1cc(CN(Cc2ccccn2)Cc2nccs2)cc(N(Cc2ccccn2)Cc2nccs2)c1)C(F)(F)F.O=CO[O-].[H-].[K+].[K+]. The van der Waals surface area contributed by atoms with Crippen LogP contribution in [0.4, 0.5) is 24.5 Å². The standard InChI is InChI=1S/C34H35F3N6O2S2.C31H35N7OS2.CH2O3.2K.H/c35-34(36,37)31(44)10-2-1-7-15-45-30-19-26(21-42(24-32-40-13-16-46-32)22-27-8-3-5-11-38-27)18-29(20-30)43(25-33-41-14-17-47-33)23-28-9-4-6-12-39-28;32-9-3-6-14-39-29-18-25(20-37(23-30-35-12-15-40-30)21-26-7-1-4-10-33-26)17-28(19-29)38(24-31-36-13-16-41-31)22-27-8-2-5-11-34-27;2-1-4-3;;;/h3-6,8-9,11-14,16-20H,1-2,7,10,15,21-25H2;1-2,4-5,7-8,10-13,15-19H,3,6,9,14,20-24,32H2;1,3H;;;/q;;;2*+1;-1/p-1. The van der Waals surface area contributed by atoms with E-state index in [1.54, 1.807) is 70.1 Å². The molecule has 8 aromatic heterocycles. The zero-order chi connectivity index (χ0) is 64.4. The summed E-state index contributed by atoms with van der Waals surface area (Å²) in [6.45, 7) is 7.91. The molecule has 0 fully saturated rings. The summed E-state index contributed by atoms with van der Waals surface area (Å²) in [5.41, 5.74) is 13.8. The number of carbonyl (C=O) groups excluding carboxylic acids is 2. The summed E-state index contributed by atoms with van der Waals surface area (Å²) >= 11 is 6.52. The van der Waals surface area contributed by atoms with Crippen molar-refractivity contribution in [3.63, 3.8) is 0 Å². The quantitative estimate of drug-likeness (QED) is 0.0150. The fourth-order valence-corrected chi connectivity index (χ4v) is 12.1. The molecule has 10 rings (SSSR count). The van der Waals surface area contributed by atoms with E-state index in [0.29, 0.717) is 90.7 Å². The minimum Gasteiger partial charge on any atom is -1.00 e. The molecule has 0 aliphatic carbocycles. The number of unbranched alkanes of at least 4 members (excludes halogenated alkanes) is 3. The summed E-state index contributed by atoms with van der Waals surface area (Å²) in [4.78, 5) is 68.1. The van der Waals surface area contributed by atoms with E-state index in [-0.39, 0.29) is 117 Å². The van der Waals surface area contributed by atoms with Crippen LogP contribution in [0.5, 0.6) is 11.5 Å². The first-order valence-electron chi connectivity index (χ1n) is 29.6. The van der Waals surface area contributed by atoms with Crippen molar-refractivity contribution in [1.82, 2.24) is 49.7 Å². The number of pyridine rings is 4. The Labute approximate surface area is 648 Å². The maximum absolute atomic E-state index is 12.6. The first kappa shape index (κ1) is 77.8. The van der Waals surface area contributed by atoms with Gasteiger partial charge in [-0.3, -0.25) is 39.3 Å². The summed E-state index contributed by atoms with van der Waals surface area (Å²) in [7, 11) is 0. The minimum atomic E-state index is -4.78. The number of ketones is 1. The van der Waals surface area contributed by atoms with Gasteiger partial charge >= 0.3 is 109 Å². The van der Waals surface area contributed by atoms with Crippen molar-refractivity contribution in [2.75, 3.05) is 29.6 Å². The maximum atomic E-state index is 12.6. The van der Waals surface area contributed by atoms with Crippen LogP contribution in [0.25, 0.3) is 0 Å². The number of thiazole rings is 4. The summed E-state index contributed by atoms with van der Waals surface area (Å²) in [6.07, 6.45) is 12.3. The molecule has 2 N–H and O–H groups in total. The van der Waals surface area contributed by atoms with E-state index in [4.69, 9.17) is 25.3 Å². The third kappa shape index (κ3) is 28.9. The van der Waals surface area contributed by atoms with E-state index < -0.39 is 18.4 Å². The summed E-state index contributed by atoms with van der Waals surface area (Å²) in [5, 5.41) is 20.5. The molecule has 0 bridgehead atoms. The molecular weight excluding hydrogens is 1330 g/mol. The van der Waals surface area contributed by atoms with Crippen LogP contribution in [0.2, 0.25) is 0 Å². The van der Waals surface area contributed by atoms with E-state index in [9.17, 15) is 18.0 Å². The van der Waals surface area contributed by atoms with Gasteiger partial charge in [0.25, 0.3) is 6.47 Å². The molecule has 0 unspecified atom stereocenters. The van der Waals surface area contributed by atoms with Gasteiger partial charge in [-0.25, -0.2) is 19.9 Å². The second-order valence-electron chi connectivity index (χ2n) is 20.8. The Morgan fingerprint density at radius 2 is 0.851 bits per heavy atom. The van der Waals surface area contributed by atoms with Gasteiger partial charge in [-0.1, -0.05) is 24.3 Å². The van der Waals surface area contributed by atoms with E-state index in [1.807, 2.05) is 119 Å². The number of hydrogen-bond acceptors (Lipinski definition) is 23. The predicted octanol–water partition coefficient (Wildman–Crippen LogP) is 6.34. The van der Waals surface area contributed by atoms with Crippen molar-refractivity contribution < 1.29 is 147 Å². The van der Waals surface area contributed by atoms with Crippen LogP contribution < -0.4 is 133 Å². The maximum Gasteiger partial charge on any atom is 1.00 e. The van der Waals surface area contributed by atoms with Gasteiger partial charge in [0.1, 0.15) is 31.5 Å². The van der Waals surface area contributed by atoms with Crippen molar-refractivity contribution in [2.45, 2.75) is 110 Å². The van der Waals surface area contributed by atoms with Crippen molar-refractivity contribution in [3.05, 3.63) is 234 Å². The number of rotatable bonds is 35. The van der Waals surface area contributed by atoms with Gasteiger partial charge in [-0.2, -0.15) is 13.2 Å². The average Bonchev–Trinajstić information content (AvgIpc) is 2.02. The van der Waals surface area contributed by atoms with Crippen LogP contribution in [0.1, 0.15) is 93.9 Å². The number of carbonyl (C=O) groups is 2. The molecule has 8 heterocycles. The predicted molar refractivity (Wildman–Crippen MR) is 351 cm³/mol. The smallest absolute Gasteiger partial charge is 1.00 e. The first-order valence-corrected chi connectivity index (χ1v) is 33.1. The number of aromatic nitrogens is 8. The number of hydrogen-bond donors (Lipinski definition) is 1. The third-order valence-corrected chi connectivity index (χ3v) is 16.7. The van der Waals surface area contributed by atoms with Gasteiger partial charge in [0.2, 0.25) is 5.78 Å². The Morgan fingerprint density at radius 3 is 1.18 bits per heavy atom. The van der Waals surface area contributed by atoms with E-state index in [2.05, 4.69) is 101 Å². The van der Waals surface area contributed by atoms with Crippen LogP contribution >= 0.6 is 45.3 Å². The Hall–Kier alpha value is -5.20. The molecule has 0 aliphatic rings. The summed E-state index contributed by atoms with van der Waals surface area (Å²) in [6, 6.07) is 36.5. The monoisotopic (exact) mass is 1410 g/mol. The van der Waals surface area contributed by atoms with Gasteiger partial charge in [-0.05, 0) is 123 Å². The van der Waals surface area contributed by atoms with Gasteiger partial charge < -0.3 is 36.6 Å². The number of Topliss-reactive ketones (excluding diaryl/α,β-unsaturated/α-hetero) is 1. The Balaban J connectivity index is 0.000000318. The van der Waals surface area contributed by atoms with E-state index in [0.717, 1.165) is 97.0 Å². The largest absolute Gasteiger partial charge is 1.00 e. The van der Waals surface area contributed by atoms with Crippen LogP contribution in [0, 0.1) is 0 Å². The molecule has 0 atom stereocenters. The molecule has 28 heteroatoms. The number of nitrogens with zero attached hydrogens (tertiary/aromatic N) is 12. The molecule has 0 amide bonds. The van der Waals surface area contributed by atoms with Gasteiger partial charge in [0.15, 0.2) is 0 Å². The average molecular weight is 1410 g/mol.